The molecular weight excluding hydrogens is 214 g/mol. The van der Waals surface area contributed by atoms with E-state index in [1.165, 1.54) is 0 Å². The van der Waals surface area contributed by atoms with Gasteiger partial charge in [-0.25, -0.2) is 0 Å². The van der Waals surface area contributed by atoms with Gasteiger partial charge in [-0.2, -0.15) is 5.10 Å². The minimum Gasteiger partial charge on any atom is -0.508 e. The number of rotatable bonds is 4. The Morgan fingerprint density at radius 1 is 1.12 bits per heavy atom. The van der Waals surface area contributed by atoms with Gasteiger partial charge in [0.1, 0.15) is 5.75 Å². The third kappa shape index (κ3) is 2.85. The maximum Gasteiger partial charge on any atom is 0.115 e. The molecule has 1 aromatic heterocycles. The summed E-state index contributed by atoms with van der Waals surface area (Å²) in [4.78, 5) is 0. The number of hydrogen-bond acceptors (Lipinski definition) is 3. The molecule has 3 N–H and O–H groups in total. The van der Waals surface area contributed by atoms with E-state index in [1.807, 2.05) is 24.5 Å². The molecule has 1 aromatic carbocycles. The van der Waals surface area contributed by atoms with Gasteiger partial charge in [0, 0.05) is 23.8 Å². The number of benzene rings is 1. The number of phenols is 1. The van der Waals surface area contributed by atoms with Gasteiger partial charge >= 0.3 is 0 Å². The van der Waals surface area contributed by atoms with Crippen LogP contribution in [0.3, 0.4) is 0 Å². The largest absolute Gasteiger partial charge is 0.508 e. The molecule has 0 aliphatic heterocycles. The van der Waals surface area contributed by atoms with Crippen molar-refractivity contribution in [3.63, 3.8) is 0 Å². The van der Waals surface area contributed by atoms with E-state index in [9.17, 15) is 5.11 Å². The highest BCUT2D eigenvalue weighted by molar-refractivity contribution is 5.28. The van der Waals surface area contributed by atoms with Crippen LogP contribution in [0.2, 0.25) is 0 Å². The highest BCUT2D eigenvalue weighted by Crippen LogP contribution is 2.20. The first-order valence-corrected chi connectivity index (χ1v) is 5.70. The number of phenolic OH excluding ortho intramolecular Hbond substituents is 1. The smallest absolute Gasteiger partial charge is 0.115 e. The number of aromatic nitrogens is 2. The SMILES string of the molecule is CC(NC(C)c1cn[nH]c1)c1ccc(O)cc1. The molecule has 0 radical (unpaired) electrons. The van der Waals surface area contributed by atoms with Gasteiger partial charge in [0.2, 0.25) is 0 Å². The topological polar surface area (TPSA) is 60.9 Å². The lowest BCUT2D eigenvalue weighted by Gasteiger charge is -2.19. The number of hydrogen-bond donors (Lipinski definition) is 3. The minimum atomic E-state index is 0.223. The Labute approximate surface area is 101 Å². The molecule has 17 heavy (non-hydrogen) atoms. The van der Waals surface area contributed by atoms with Gasteiger partial charge < -0.3 is 10.4 Å². The normalized spacial score (nSPS) is 14.5. The summed E-state index contributed by atoms with van der Waals surface area (Å²) in [6.07, 6.45) is 3.71. The van der Waals surface area contributed by atoms with Crippen molar-refractivity contribution in [3.8, 4) is 5.75 Å². The average Bonchev–Trinajstić information content (AvgIpc) is 2.83. The van der Waals surface area contributed by atoms with Gasteiger partial charge in [-0.15, -0.1) is 0 Å². The number of H-pyrrole nitrogens is 1. The summed E-state index contributed by atoms with van der Waals surface area (Å²) in [6.45, 7) is 4.20. The third-order valence-electron chi connectivity index (χ3n) is 2.91. The van der Waals surface area contributed by atoms with Crippen LogP contribution in [-0.2, 0) is 0 Å². The van der Waals surface area contributed by atoms with Gasteiger partial charge in [-0.1, -0.05) is 12.1 Å². The maximum atomic E-state index is 9.24. The Hall–Kier alpha value is -1.81. The highest BCUT2D eigenvalue weighted by Gasteiger charge is 2.11. The molecule has 0 bridgehead atoms. The molecule has 4 nitrogen and oxygen atoms in total. The van der Waals surface area contributed by atoms with Crippen LogP contribution in [0.5, 0.6) is 5.75 Å². The summed E-state index contributed by atoms with van der Waals surface area (Å²) >= 11 is 0. The molecule has 2 aromatic rings. The van der Waals surface area contributed by atoms with Crippen molar-refractivity contribution in [1.82, 2.24) is 15.5 Å². The number of aromatic amines is 1. The molecule has 2 atom stereocenters. The van der Waals surface area contributed by atoms with Crippen molar-refractivity contribution >= 4 is 0 Å². The van der Waals surface area contributed by atoms with Crippen LogP contribution < -0.4 is 5.32 Å². The zero-order chi connectivity index (χ0) is 12.3. The second kappa shape index (κ2) is 5.01. The fraction of sp³-hybridized carbons (Fsp3) is 0.308. The van der Waals surface area contributed by atoms with Crippen LogP contribution in [0.1, 0.15) is 37.1 Å². The molecule has 0 amide bonds. The third-order valence-corrected chi connectivity index (χ3v) is 2.91. The molecule has 0 aliphatic rings. The van der Waals surface area contributed by atoms with Gasteiger partial charge in [-0.3, -0.25) is 5.10 Å². The lowest BCUT2D eigenvalue weighted by Crippen LogP contribution is -2.22. The highest BCUT2D eigenvalue weighted by atomic mass is 16.3. The summed E-state index contributed by atoms with van der Waals surface area (Å²) in [5.74, 6) is 0.295. The Kier molecular flexibility index (Phi) is 3.44. The van der Waals surface area contributed by atoms with E-state index >= 15 is 0 Å². The monoisotopic (exact) mass is 231 g/mol. The quantitative estimate of drug-likeness (QED) is 0.757. The van der Waals surface area contributed by atoms with Crippen molar-refractivity contribution < 1.29 is 5.11 Å². The van der Waals surface area contributed by atoms with Gasteiger partial charge in [0.05, 0.1) is 6.20 Å². The molecule has 0 aliphatic carbocycles. The van der Waals surface area contributed by atoms with Crippen LogP contribution >= 0.6 is 0 Å². The first-order valence-electron chi connectivity index (χ1n) is 5.70. The Balaban J connectivity index is 2.01. The molecule has 2 rings (SSSR count). The van der Waals surface area contributed by atoms with E-state index in [-0.39, 0.29) is 12.1 Å². The summed E-state index contributed by atoms with van der Waals surface area (Å²) in [6, 6.07) is 7.72. The Morgan fingerprint density at radius 3 is 2.35 bits per heavy atom. The van der Waals surface area contributed by atoms with Gasteiger partial charge in [0.25, 0.3) is 0 Å². The molecular formula is C13H17N3O. The van der Waals surface area contributed by atoms with Crippen molar-refractivity contribution in [2.45, 2.75) is 25.9 Å². The molecule has 4 heteroatoms. The second-order valence-electron chi connectivity index (χ2n) is 4.23. The van der Waals surface area contributed by atoms with E-state index in [4.69, 9.17) is 0 Å². The zero-order valence-electron chi connectivity index (χ0n) is 10.0. The molecule has 0 saturated carbocycles. The van der Waals surface area contributed by atoms with Crippen molar-refractivity contribution in [2.24, 2.45) is 0 Å². The Morgan fingerprint density at radius 2 is 1.76 bits per heavy atom. The Bertz CT molecular complexity index is 450. The number of nitrogens with one attached hydrogen (secondary N) is 2. The van der Waals surface area contributed by atoms with Crippen molar-refractivity contribution in [2.75, 3.05) is 0 Å². The van der Waals surface area contributed by atoms with Crippen LogP contribution in [-0.4, -0.2) is 15.3 Å². The van der Waals surface area contributed by atoms with Crippen molar-refractivity contribution in [1.29, 1.82) is 0 Å². The maximum absolute atomic E-state index is 9.24. The lowest BCUT2D eigenvalue weighted by molar-refractivity contribution is 0.472. The standard InChI is InChI=1S/C13H17N3O/c1-9(11-3-5-13(17)6-4-11)16-10(2)12-7-14-15-8-12/h3-10,16-17H,1-2H3,(H,14,15). The molecule has 90 valence electrons. The summed E-state index contributed by atoms with van der Waals surface area (Å²) in [5.41, 5.74) is 2.29. The second-order valence-corrected chi connectivity index (χ2v) is 4.23. The predicted octanol–water partition coefficient (Wildman–Crippen LogP) is 2.53. The molecule has 2 unspecified atom stereocenters. The first kappa shape index (κ1) is 11.7. The lowest BCUT2D eigenvalue weighted by atomic mass is 10.1. The van der Waals surface area contributed by atoms with Crippen LogP contribution in [0.25, 0.3) is 0 Å². The van der Waals surface area contributed by atoms with E-state index in [1.54, 1.807) is 12.1 Å². The summed E-state index contributed by atoms with van der Waals surface area (Å²) in [5, 5.41) is 19.5. The van der Waals surface area contributed by atoms with E-state index in [2.05, 4.69) is 29.4 Å². The first-order chi connectivity index (χ1) is 8.16. The molecule has 0 fully saturated rings. The molecule has 0 saturated heterocycles. The molecule has 0 spiro atoms. The van der Waals surface area contributed by atoms with Gasteiger partial charge in [-0.05, 0) is 31.5 Å². The molecule has 1 heterocycles. The minimum absolute atomic E-state index is 0.223. The average molecular weight is 231 g/mol. The fourth-order valence-electron chi connectivity index (χ4n) is 1.83. The van der Waals surface area contributed by atoms with E-state index in [0.717, 1.165) is 11.1 Å². The van der Waals surface area contributed by atoms with Crippen LogP contribution in [0.4, 0.5) is 0 Å². The van der Waals surface area contributed by atoms with E-state index < -0.39 is 0 Å². The van der Waals surface area contributed by atoms with Crippen LogP contribution in [0, 0.1) is 0 Å². The number of aromatic hydroxyl groups is 1. The van der Waals surface area contributed by atoms with E-state index in [0.29, 0.717) is 5.75 Å². The van der Waals surface area contributed by atoms with Gasteiger partial charge in [0.15, 0.2) is 0 Å². The predicted molar refractivity (Wildman–Crippen MR) is 66.7 cm³/mol. The summed E-state index contributed by atoms with van der Waals surface area (Å²) in [7, 11) is 0. The zero-order valence-corrected chi connectivity index (χ0v) is 10.0. The number of nitrogens with zero attached hydrogens (tertiary/aromatic N) is 1. The summed E-state index contributed by atoms with van der Waals surface area (Å²) < 4.78 is 0. The van der Waals surface area contributed by atoms with Crippen LogP contribution in [0.15, 0.2) is 36.7 Å². The fourth-order valence-corrected chi connectivity index (χ4v) is 1.83. The van der Waals surface area contributed by atoms with Crippen molar-refractivity contribution in [3.05, 3.63) is 47.8 Å².